The third-order valence-corrected chi connectivity index (χ3v) is 7.38. The van der Waals surface area contributed by atoms with Crippen molar-refractivity contribution in [2.75, 3.05) is 27.3 Å². The number of ether oxygens (including phenoxy) is 2. The third-order valence-electron chi connectivity index (χ3n) is 5.52. The van der Waals surface area contributed by atoms with Crippen molar-refractivity contribution >= 4 is 10.0 Å². The smallest absolute Gasteiger partial charge is 0.251 e. The molecule has 9 heteroatoms. The van der Waals surface area contributed by atoms with Gasteiger partial charge in [-0.15, -0.1) is 10.2 Å². The van der Waals surface area contributed by atoms with Crippen LogP contribution in [0, 0.1) is 6.92 Å². The van der Waals surface area contributed by atoms with Gasteiger partial charge in [0.2, 0.25) is 15.9 Å². The fourth-order valence-corrected chi connectivity index (χ4v) is 5.46. The first-order valence-electron chi connectivity index (χ1n) is 10.1. The Morgan fingerprint density at radius 1 is 1.06 bits per heavy atom. The van der Waals surface area contributed by atoms with E-state index in [-0.39, 0.29) is 10.8 Å². The molecule has 0 aliphatic carbocycles. The average molecular weight is 444 g/mol. The molecule has 8 nitrogen and oxygen atoms in total. The summed E-state index contributed by atoms with van der Waals surface area (Å²) in [6.45, 7) is 2.58. The molecule has 1 fully saturated rings. The zero-order chi connectivity index (χ0) is 22.0. The molecule has 31 heavy (non-hydrogen) atoms. The topological polar surface area (TPSA) is 94.8 Å². The third kappa shape index (κ3) is 4.15. The molecular formula is C22H25N3O5S. The van der Waals surface area contributed by atoms with Crippen LogP contribution in [0.5, 0.6) is 11.5 Å². The Balaban J connectivity index is 1.56. The number of aromatic nitrogens is 2. The summed E-state index contributed by atoms with van der Waals surface area (Å²) in [5.41, 5.74) is 1.48. The summed E-state index contributed by atoms with van der Waals surface area (Å²) in [5.74, 6) is 1.93. The van der Waals surface area contributed by atoms with Gasteiger partial charge in [0.1, 0.15) is 11.5 Å². The van der Waals surface area contributed by atoms with E-state index >= 15 is 0 Å². The number of benzene rings is 2. The number of aryl methyl sites for hydroxylation is 1. The van der Waals surface area contributed by atoms with Crippen LogP contribution in [0.3, 0.4) is 0 Å². The molecule has 1 saturated heterocycles. The van der Waals surface area contributed by atoms with Crippen molar-refractivity contribution in [3.63, 3.8) is 0 Å². The van der Waals surface area contributed by atoms with Gasteiger partial charge in [-0.05, 0) is 55.7 Å². The molecule has 1 atom stereocenters. The largest absolute Gasteiger partial charge is 0.496 e. The molecule has 0 N–H and O–H groups in total. The number of nitrogens with zero attached hydrogens (tertiary/aromatic N) is 3. The highest BCUT2D eigenvalue weighted by atomic mass is 32.2. The summed E-state index contributed by atoms with van der Waals surface area (Å²) < 4.78 is 44.5. The molecule has 0 radical (unpaired) electrons. The van der Waals surface area contributed by atoms with E-state index in [9.17, 15) is 8.42 Å². The molecule has 1 aliphatic heterocycles. The number of sulfonamides is 1. The first-order chi connectivity index (χ1) is 14.9. The minimum atomic E-state index is -3.64. The maximum Gasteiger partial charge on any atom is 0.251 e. The van der Waals surface area contributed by atoms with E-state index in [4.69, 9.17) is 13.9 Å². The van der Waals surface area contributed by atoms with Gasteiger partial charge >= 0.3 is 0 Å². The average Bonchev–Trinajstić information content (AvgIpc) is 3.29. The summed E-state index contributed by atoms with van der Waals surface area (Å²) in [6.07, 6.45) is 1.49. The summed E-state index contributed by atoms with van der Waals surface area (Å²) in [4.78, 5) is 0.256. The Bertz CT molecular complexity index is 1180. The van der Waals surface area contributed by atoms with Crippen molar-refractivity contribution < 1.29 is 22.3 Å². The molecule has 3 aromatic rings. The predicted molar refractivity (Wildman–Crippen MR) is 115 cm³/mol. The molecule has 0 amide bonds. The molecule has 0 saturated carbocycles. The van der Waals surface area contributed by atoms with Crippen LogP contribution >= 0.6 is 0 Å². The zero-order valence-corrected chi connectivity index (χ0v) is 18.6. The highest BCUT2D eigenvalue weighted by Gasteiger charge is 2.33. The van der Waals surface area contributed by atoms with E-state index in [0.29, 0.717) is 48.4 Å². The van der Waals surface area contributed by atoms with Crippen LogP contribution in [0.4, 0.5) is 0 Å². The lowest BCUT2D eigenvalue weighted by atomic mass is 10.00. The monoisotopic (exact) mass is 443 g/mol. The lowest BCUT2D eigenvalue weighted by Crippen LogP contribution is -2.39. The van der Waals surface area contributed by atoms with Gasteiger partial charge in [-0.1, -0.05) is 12.1 Å². The number of hydrogen-bond donors (Lipinski definition) is 0. The standard InChI is InChI=1S/C22H25N3O5S/c1-15-13-17(10-11-19(15)28-2)31(26,27)25-12-6-7-16(14-25)21-23-24-22(30-21)18-8-4-5-9-20(18)29-3/h4-5,8-11,13,16H,6-7,12,14H2,1-3H3. The van der Waals surface area contributed by atoms with E-state index in [1.165, 1.54) is 4.31 Å². The first kappa shape index (κ1) is 21.3. The Morgan fingerprint density at radius 2 is 1.84 bits per heavy atom. The van der Waals surface area contributed by atoms with Gasteiger partial charge < -0.3 is 13.9 Å². The molecule has 0 spiro atoms. The van der Waals surface area contributed by atoms with Crippen LogP contribution < -0.4 is 9.47 Å². The molecular weight excluding hydrogens is 418 g/mol. The van der Waals surface area contributed by atoms with Gasteiger partial charge in [-0.25, -0.2) is 8.42 Å². The van der Waals surface area contributed by atoms with Crippen molar-refractivity contribution in [3.05, 3.63) is 53.9 Å². The lowest BCUT2D eigenvalue weighted by molar-refractivity contribution is 0.286. The predicted octanol–water partition coefficient (Wildman–Crippen LogP) is 3.63. The van der Waals surface area contributed by atoms with E-state index < -0.39 is 10.0 Å². The molecule has 2 aromatic carbocycles. The zero-order valence-electron chi connectivity index (χ0n) is 17.7. The maximum absolute atomic E-state index is 13.2. The molecule has 0 bridgehead atoms. The van der Waals surface area contributed by atoms with Crippen LogP contribution in [-0.2, 0) is 10.0 Å². The van der Waals surface area contributed by atoms with E-state index in [0.717, 1.165) is 12.0 Å². The lowest BCUT2D eigenvalue weighted by Gasteiger charge is -2.30. The van der Waals surface area contributed by atoms with Crippen molar-refractivity contribution in [1.82, 2.24) is 14.5 Å². The first-order valence-corrected chi connectivity index (χ1v) is 11.5. The Morgan fingerprint density at radius 3 is 2.58 bits per heavy atom. The van der Waals surface area contributed by atoms with Crippen molar-refractivity contribution in [2.24, 2.45) is 0 Å². The van der Waals surface area contributed by atoms with Crippen LogP contribution in [0.2, 0.25) is 0 Å². The van der Waals surface area contributed by atoms with Crippen molar-refractivity contribution in [3.8, 4) is 23.0 Å². The van der Waals surface area contributed by atoms with E-state index in [2.05, 4.69) is 10.2 Å². The summed E-state index contributed by atoms with van der Waals surface area (Å²) in [5, 5.41) is 8.38. The summed E-state index contributed by atoms with van der Waals surface area (Å²) >= 11 is 0. The highest BCUT2D eigenvalue weighted by Crippen LogP contribution is 2.34. The second kappa shape index (κ2) is 8.68. The van der Waals surface area contributed by atoms with Crippen LogP contribution in [0.25, 0.3) is 11.5 Å². The van der Waals surface area contributed by atoms with Crippen molar-refractivity contribution in [1.29, 1.82) is 0 Å². The fourth-order valence-electron chi connectivity index (χ4n) is 3.85. The second-order valence-corrected chi connectivity index (χ2v) is 9.42. The van der Waals surface area contributed by atoms with Crippen LogP contribution in [0.15, 0.2) is 51.8 Å². The summed E-state index contributed by atoms with van der Waals surface area (Å²) in [7, 11) is -0.489. The Labute approximate surface area is 181 Å². The van der Waals surface area contributed by atoms with E-state index in [1.54, 1.807) is 32.4 Å². The van der Waals surface area contributed by atoms with E-state index in [1.807, 2.05) is 31.2 Å². The number of methoxy groups -OCH3 is 2. The Hall–Kier alpha value is -2.91. The minimum absolute atomic E-state index is 0.168. The molecule has 4 rings (SSSR count). The van der Waals surface area contributed by atoms with Crippen molar-refractivity contribution in [2.45, 2.75) is 30.6 Å². The highest BCUT2D eigenvalue weighted by molar-refractivity contribution is 7.89. The van der Waals surface area contributed by atoms with Gasteiger partial charge in [0.25, 0.3) is 5.89 Å². The quantitative estimate of drug-likeness (QED) is 0.574. The summed E-state index contributed by atoms with van der Waals surface area (Å²) in [6, 6.07) is 12.3. The number of para-hydroxylation sites is 1. The molecule has 164 valence electrons. The number of piperidine rings is 1. The van der Waals surface area contributed by atoms with Gasteiger partial charge in [0.05, 0.1) is 30.6 Å². The number of hydrogen-bond acceptors (Lipinski definition) is 7. The van der Waals surface area contributed by atoms with Gasteiger partial charge in [0.15, 0.2) is 0 Å². The Kier molecular flexibility index (Phi) is 5.97. The fraction of sp³-hybridized carbons (Fsp3) is 0.364. The van der Waals surface area contributed by atoms with Gasteiger partial charge in [0, 0.05) is 13.1 Å². The number of rotatable bonds is 6. The second-order valence-electron chi connectivity index (χ2n) is 7.48. The normalized spacial score (nSPS) is 17.5. The maximum atomic E-state index is 13.2. The van der Waals surface area contributed by atoms with Gasteiger partial charge in [-0.3, -0.25) is 0 Å². The minimum Gasteiger partial charge on any atom is -0.496 e. The molecule has 1 unspecified atom stereocenters. The SMILES string of the molecule is COc1ccc(S(=O)(=O)N2CCCC(c3nnc(-c4ccccc4OC)o3)C2)cc1C. The molecule has 1 aliphatic rings. The molecule has 1 aromatic heterocycles. The molecule has 2 heterocycles. The van der Waals surface area contributed by atoms with Crippen LogP contribution in [0.1, 0.15) is 30.2 Å². The van der Waals surface area contributed by atoms with Gasteiger partial charge in [-0.2, -0.15) is 4.31 Å². The van der Waals surface area contributed by atoms with Crippen LogP contribution in [-0.4, -0.2) is 50.2 Å².